The van der Waals surface area contributed by atoms with Crippen molar-refractivity contribution in [1.82, 2.24) is 19.6 Å². The van der Waals surface area contributed by atoms with E-state index in [1.54, 1.807) is 24.5 Å². The van der Waals surface area contributed by atoms with Crippen molar-refractivity contribution in [3.63, 3.8) is 0 Å². The van der Waals surface area contributed by atoms with Gasteiger partial charge in [0.05, 0.1) is 23.1 Å². The summed E-state index contributed by atoms with van der Waals surface area (Å²) in [5.74, 6) is -0.323. The number of hydrogen-bond donors (Lipinski definition) is 1. The van der Waals surface area contributed by atoms with Crippen LogP contribution in [0.1, 0.15) is 0 Å². The number of aromatic nitrogens is 4. The third-order valence-electron chi connectivity index (χ3n) is 3.59. The van der Waals surface area contributed by atoms with Gasteiger partial charge in [-0.15, -0.1) is 0 Å². The molecule has 6 heteroatoms. The molecule has 0 bridgehead atoms. The van der Waals surface area contributed by atoms with Gasteiger partial charge >= 0.3 is 0 Å². The van der Waals surface area contributed by atoms with Crippen LogP contribution >= 0.6 is 0 Å². The molecule has 0 spiro atoms. The number of hydrogen-bond acceptors (Lipinski definition) is 3. The quantitative estimate of drug-likeness (QED) is 0.619. The van der Waals surface area contributed by atoms with Crippen LogP contribution in [0.4, 0.5) is 4.39 Å². The SMILES string of the molecule is O=c1cc(-c2ccc(F)cc2)[nH]c2c(-c3ccccn3)cnn12. The molecular weight excluding hydrogens is 295 g/mol. The second-order valence-electron chi connectivity index (χ2n) is 5.06. The van der Waals surface area contributed by atoms with Crippen molar-refractivity contribution >= 4 is 5.65 Å². The minimum atomic E-state index is -0.323. The van der Waals surface area contributed by atoms with Crippen molar-refractivity contribution in [2.75, 3.05) is 0 Å². The Labute approximate surface area is 130 Å². The molecule has 4 rings (SSSR count). The number of H-pyrrole nitrogens is 1. The lowest BCUT2D eigenvalue weighted by Crippen LogP contribution is -2.14. The lowest BCUT2D eigenvalue weighted by molar-refractivity contribution is 0.628. The topological polar surface area (TPSA) is 63.0 Å². The second-order valence-corrected chi connectivity index (χ2v) is 5.06. The second kappa shape index (κ2) is 5.17. The van der Waals surface area contributed by atoms with Crippen molar-refractivity contribution in [3.05, 3.63) is 77.1 Å². The molecule has 4 aromatic rings. The Bertz CT molecular complexity index is 1040. The fraction of sp³-hybridized carbons (Fsp3) is 0. The molecule has 0 saturated heterocycles. The van der Waals surface area contributed by atoms with Gasteiger partial charge in [0, 0.05) is 12.3 Å². The number of fused-ring (bicyclic) bond motifs is 1. The summed E-state index contributed by atoms with van der Waals surface area (Å²) in [5, 5.41) is 4.12. The summed E-state index contributed by atoms with van der Waals surface area (Å²) in [6, 6.07) is 12.9. The highest BCUT2D eigenvalue weighted by Gasteiger charge is 2.12. The minimum Gasteiger partial charge on any atom is -0.339 e. The number of nitrogens with zero attached hydrogens (tertiary/aromatic N) is 3. The fourth-order valence-corrected chi connectivity index (χ4v) is 2.48. The smallest absolute Gasteiger partial charge is 0.274 e. The van der Waals surface area contributed by atoms with Gasteiger partial charge in [-0.2, -0.15) is 9.61 Å². The van der Waals surface area contributed by atoms with Gasteiger partial charge < -0.3 is 4.98 Å². The van der Waals surface area contributed by atoms with Gasteiger partial charge in [0.1, 0.15) is 11.5 Å². The van der Waals surface area contributed by atoms with E-state index in [1.807, 2.05) is 18.2 Å². The molecule has 0 amide bonds. The summed E-state index contributed by atoms with van der Waals surface area (Å²) in [6.45, 7) is 0. The number of benzene rings is 1. The summed E-state index contributed by atoms with van der Waals surface area (Å²) in [7, 11) is 0. The molecule has 23 heavy (non-hydrogen) atoms. The van der Waals surface area contributed by atoms with E-state index in [-0.39, 0.29) is 11.4 Å². The third-order valence-corrected chi connectivity index (χ3v) is 3.59. The van der Waals surface area contributed by atoms with Crippen molar-refractivity contribution in [1.29, 1.82) is 0 Å². The normalized spacial score (nSPS) is 11.0. The van der Waals surface area contributed by atoms with E-state index < -0.39 is 0 Å². The summed E-state index contributed by atoms with van der Waals surface area (Å²) in [4.78, 5) is 19.7. The van der Waals surface area contributed by atoms with Crippen LogP contribution in [0.15, 0.2) is 65.7 Å². The Hall–Kier alpha value is -3.28. The number of aromatic amines is 1. The monoisotopic (exact) mass is 306 g/mol. The van der Waals surface area contributed by atoms with Gasteiger partial charge in [-0.25, -0.2) is 4.39 Å². The number of halogens is 1. The molecule has 0 aliphatic rings. The van der Waals surface area contributed by atoms with Crippen LogP contribution in [0.25, 0.3) is 28.2 Å². The molecule has 112 valence electrons. The van der Waals surface area contributed by atoms with Crippen LogP contribution in [-0.2, 0) is 0 Å². The highest BCUT2D eigenvalue weighted by Crippen LogP contribution is 2.23. The van der Waals surface area contributed by atoms with E-state index in [4.69, 9.17) is 0 Å². The van der Waals surface area contributed by atoms with Crippen LogP contribution in [0.5, 0.6) is 0 Å². The minimum absolute atomic E-state index is 0.264. The van der Waals surface area contributed by atoms with Crippen LogP contribution in [-0.4, -0.2) is 19.6 Å². The molecule has 5 nitrogen and oxygen atoms in total. The predicted octanol–water partition coefficient (Wildman–Crippen LogP) is 2.89. The molecule has 0 unspecified atom stereocenters. The average Bonchev–Trinajstić information content (AvgIpc) is 3.01. The summed E-state index contributed by atoms with van der Waals surface area (Å²) >= 11 is 0. The summed E-state index contributed by atoms with van der Waals surface area (Å²) < 4.78 is 14.4. The molecule has 1 aromatic carbocycles. The lowest BCUT2D eigenvalue weighted by Gasteiger charge is -2.04. The zero-order valence-corrected chi connectivity index (χ0v) is 11.9. The number of nitrogens with one attached hydrogen (secondary N) is 1. The number of rotatable bonds is 2. The van der Waals surface area contributed by atoms with Crippen LogP contribution in [0, 0.1) is 5.82 Å². The van der Waals surface area contributed by atoms with Crippen LogP contribution < -0.4 is 5.56 Å². The van der Waals surface area contributed by atoms with E-state index in [2.05, 4.69) is 15.1 Å². The summed E-state index contributed by atoms with van der Waals surface area (Å²) in [5.41, 5.74) is 3.05. The molecule has 0 atom stereocenters. The standard InChI is InChI=1S/C17H11FN4O/c18-12-6-4-11(5-7-12)15-9-16(23)22-17(21-15)13(10-20-22)14-3-1-2-8-19-14/h1-10,21H. The van der Waals surface area contributed by atoms with E-state index in [0.717, 1.165) is 16.8 Å². The Kier molecular flexibility index (Phi) is 3.01. The maximum absolute atomic E-state index is 13.1. The molecular formula is C17H11FN4O. The lowest BCUT2D eigenvalue weighted by atomic mass is 10.1. The molecule has 1 N–H and O–H groups in total. The first-order valence-corrected chi connectivity index (χ1v) is 7.01. The molecule has 0 aliphatic heterocycles. The molecule has 0 radical (unpaired) electrons. The fourth-order valence-electron chi connectivity index (χ4n) is 2.48. The highest BCUT2D eigenvalue weighted by molar-refractivity contribution is 5.76. The van der Waals surface area contributed by atoms with Gasteiger partial charge in [-0.05, 0) is 42.0 Å². The Morgan fingerprint density at radius 2 is 1.91 bits per heavy atom. The van der Waals surface area contributed by atoms with Gasteiger partial charge in [0.25, 0.3) is 5.56 Å². The van der Waals surface area contributed by atoms with Gasteiger partial charge in [-0.1, -0.05) is 6.07 Å². The van der Waals surface area contributed by atoms with Gasteiger partial charge in [0.15, 0.2) is 0 Å². The highest BCUT2D eigenvalue weighted by atomic mass is 19.1. The molecule has 3 heterocycles. The zero-order valence-electron chi connectivity index (χ0n) is 11.9. The van der Waals surface area contributed by atoms with E-state index in [0.29, 0.717) is 11.3 Å². The Morgan fingerprint density at radius 1 is 1.09 bits per heavy atom. The third kappa shape index (κ3) is 2.30. The van der Waals surface area contributed by atoms with Gasteiger partial charge in [-0.3, -0.25) is 9.78 Å². The largest absolute Gasteiger partial charge is 0.339 e. The average molecular weight is 306 g/mol. The van der Waals surface area contributed by atoms with Crippen LogP contribution in [0.3, 0.4) is 0 Å². The summed E-state index contributed by atoms with van der Waals surface area (Å²) in [6.07, 6.45) is 3.28. The first kappa shape index (κ1) is 13.4. The molecule has 0 fully saturated rings. The predicted molar refractivity (Wildman–Crippen MR) is 84.4 cm³/mol. The van der Waals surface area contributed by atoms with E-state index in [1.165, 1.54) is 22.7 Å². The maximum atomic E-state index is 13.1. The van der Waals surface area contributed by atoms with E-state index >= 15 is 0 Å². The van der Waals surface area contributed by atoms with Gasteiger partial charge in [0.2, 0.25) is 0 Å². The Morgan fingerprint density at radius 3 is 2.65 bits per heavy atom. The maximum Gasteiger partial charge on any atom is 0.274 e. The van der Waals surface area contributed by atoms with E-state index in [9.17, 15) is 9.18 Å². The van der Waals surface area contributed by atoms with Crippen molar-refractivity contribution in [3.8, 4) is 22.5 Å². The zero-order chi connectivity index (χ0) is 15.8. The molecule has 3 aromatic heterocycles. The van der Waals surface area contributed by atoms with Crippen molar-refractivity contribution in [2.24, 2.45) is 0 Å². The molecule has 0 aliphatic carbocycles. The number of pyridine rings is 1. The first-order chi connectivity index (χ1) is 11.2. The Balaban J connectivity index is 1.95. The van der Waals surface area contributed by atoms with Crippen LogP contribution in [0.2, 0.25) is 0 Å². The first-order valence-electron chi connectivity index (χ1n) is 7.01. The molecule has 0 saturated carbocycles. The van der Waals surface area contributed by atoms with Crippen molar-refractivity contribution in [2.45, 2.75) is 0 Å². The van der Waals surface area contributed by atoms with Crippen molar-refractivity contribution < 1.29 is 4.39 Å².